The zero-order valence-corrected chi connectivity index (χ0v) is 12.4. The minimum Gasteiger partial charge on any atom is -0.299 e. The highest BCUT2D eigenvalue weighted by molar-refractivity contribution is 6.42. The molecule has 0 aliphatic rings. The summed E-state index contributed by atoms with van der Waals surface area (Å²) in [6.07, 6.45) is 0.349. The van der Waals surface area contributed by atoms with E-state index in [1.807, 2.05) is 0 Å². The van der Waals surface area contributed by atoms with Gasteiger partial charge in [0.1, 0.15) is 5.78 Å². The Morgan fingerprint density at radius 1 is 1.00 bits per heavy atom. The number of non-ortho nitro benzene ring substituents is 1. The van der Waals surface area contributed by atoms with Gasteiger partial charge in [-0.25, -0.2) is 0 Å². The molecule has 2 aromatic rings. The van der Waals surface area contributed by atoms with Gasteiger partial charge < -0.3 is 0 Å². The van der Waals surface area contributed by atoms with E-state index in [-0.39, 0.29) is 24.3 Å². The number of Topliss-reactive ketones (excluding diaryl/α,β-unsaturated/α-hetero) is 1. The molecule has 0 aliphatic carbocycles. The molecule has 21 heavy (non-hydrogen) atoms. The third kappa shape index (κ3) is 4.28. The average molecular weight is 324 g/mol. The van der Waals surface area contributed by atoms with Crippen LogP contribution >= 0.6 is 23.2 Å². The molecule has 0 radical (unpaired) electrons. The number of nitro groups is 1. The molecule has 0 unspecified atom stereocenters. The highest BCUT2D eigenvalue weighted by atomic mass is 35.5. The molecule has 0 atom stereocenters. The summed E-state index contributed by atoms with van der Waals surface area (Å²) in [5.41, 5.74) is 1.36. The second-order valence-corrected chi connectivity index (χ2v) is 5.38. The zero-order valence-electron chi connectivity index (χ0n) is 10.9. The van der Waals surface area contributed by atoms with Crippen LogP contribution in [0.15, 0.2) is 42.5 Å². The highest BCUT2D eigenvalue weighted by Crippen LogP contribution is 2.23. The number of nitro benzene ring substituents is 1. The van der Waals surface area contributed by atoms with Crippen molar-refractivity contribution in [2.45, 2.75) is 12.8 Å². The third-order valence-corrected chi connectivity index (χ3v) is 3.65. The molecule has 2 rings (SSSR count). The summed E-state index contributed by atoms with van der Waals surface area (Å²) >= 11 is 11.7. The summed E-state index contributed by atoms with van der Waals surface area (Å²) in [6, 6.07) is 11.1. The van der Waals surface area contributed by atoms with Gasteiger partial charge in [-0.1, -0.05) is 41.4 Å². The molecular formula is C15H11Cl2NO3. The predicted octanol–water partition coefficient (Wildman–Crippen LogP) is 4.26. The van der Waals surface area contributed by atoms with Gasteiger partial charge in [-0.3, -0.25) is 14.9 Å². The third-order valence-electron chi connectivity index (χ3n) is 2.91. The van der Waals surface area contributed by atoms with E-state index in [4.69, 9.17) is 23.2 Å². The Morgan fingerprint density at radius 2 is 1.67 bits per heavy atom. The molecule has 2 aromatic carbocycles. The number of carbonyl (C=O) groups is 1. The van der Waals surface area contributed by atoms with Crippen LogP contribution < -0.4 is 0 Å². The molecule has 0 saturated carbocycles. The molecule has 108 valence electrons. The standard InChI is InChI=1S/C15H11Cl2NO3/c16-14-5-4-11(9-15(14)17)8-13(19)7-10-2-1-3-12(6-10)18(20)21/h1-6,9H,7-8H2. The first-order valence-electron chi connectivity index (χ1n) is 6.14. The Hall–Kier alpha value is -1.91. The monoisotopic (exact) mass is 323 g/mol. The topological polar surface area (TPSA) is 60.2 Å². The minimum absolute atomic E-state index is 0.0187. The van der Waals surface area contributed by atoms with Crippen molar-refractivity contribution in [2.24, 2.45) is 0 Å². The molecule has 0 amide bonds. The van der Waals surface area contributed by atoms with Gasteiger partial charge in [0.15, 0.2) is 0 Å². The van der Waals surface area contributed by atoms with E-state index in [0.29, 0.717) is 15.6 Å². The van der Waals surface area contributed by atoms with E-state index >= 15 is 0 Å². The average Bonchev–Trinajstić information content (AvgIpc) is 2.43. The maximum absolute atomic E-state index is 12.0. The van der Waals surface area contributed by atoms with Crippen LogP contribution in [0.5, 0.6) is 0 Å². The van der Waals surface area contributed by atoms with Crippen molar-refractivity contribution in [1.82, 2.24) is 0 Å². The number of rotatable bonds is 5. The Kier molecular flexibility index (Phi) is 4.94. The van der Waals surface area contributed by atoms with Crippen LogP contribution in [-0.2, 0) is 17.6 Å². The minimum atomic E-state index is -0.479. The van der Waals surface area contributed by atoms with E-state index < -0.39 is 4.92 Å². The predicted molar refractivity (Wildman–Crippen MR) is 82.0 cm³/mol. The van der Waals surface area contributed by atoms with Crippen LogP contribution in [0, 0.1) is 10.1 Å². The van der Waals surface area contributed by atoms with Crippen LogP contribution in [0.1, 0.15) is 11.1 Å². The normalized spacial score (nSPS) is 10.4. The SMILES string of the molecule is O=C(Cc1cccc([N+](=O)[O-])c1)Cc1ccc(Cl)c(Cl)c1. The second kappa shape index (κ2) is 6.70. The molecular weight excluding hydrogens is 313 g/mol. The lowest BCUT2D eigenvalue weighted by molar-refractivity contribution is -0.384. The van der Waals surface area contributed by atoms with Crippen molar-refractivity contribution < 1.29 is 9.72 Å². The van der Waals surface area contributed by atoms with Crippen LogP contribution in [0.25, 0.3) is 0 Å². The fraction of sp³-hybridized carbons (Fsp3) is 0.133. The van der Waals surface area contributed by atoms with E-state index in [0.717, 1.165) is 5.56 Å². The van der Waals surface area contributed by atoms with Gasteiger partial charge in [0.05, 0.1) is 15.0 Å². The maximum atomic E-state index is 12.0. The molecule has 0 aromatic heterocycles. The molecule has 0 bridgehead atoms. The second-order valence-electron chi connectivity index (χ2n) is 4.57. The first-order valence-corrected chi connectivity index (χ1v) is 6.90. The van der Waals surface area contributed by atoms with Gasteiger partial charge in [-0.2, -0.15) is 0 Å². The van der Waals surface area contributed by atoms with Crippen molar-refractivity contribution in [2.75, 3.05) is 0 Å². The number of nitrogens with zero attached hydrogens (tertiary/aromatic N) is 1. The van der Waals surface area contributed by atoms with E-state index in [1.54, 1.807) is 30.3 Å². The van der Waals surface area contributed by atoms with Crippen LogP contribution in [0.2, 0.25) is 10.0 Å². The Bertz CT molecular complexity index is 701. The largest absolute Gasteiger partial charge is 0.299 e. The number of ketones is 1. The van der Waals surface area contributed by atoms with Crippen molar-refractivity contribution >= 4 is 34.7 Å². The summed E-state index contributed by atoms with van der Waals surface area (Å²) in [6.45, 7) is 0. The quantitative estimate of drug-likeness (QED) is 0.610. The van der Waals surface area contributed by atoms with Crippen LogP contribution in [0.3, 0.4) is 0 Å². The summed E-state index contributed by atoms with van der Waals surface area (Å²) in [4.78, 5) is 22.2. The van der Waals surface area contributed by atoms with E-state index in [2.05, 4.69) is 0 Å². The van der Waals surface area contributed by atoms with Gasteiger partial charge in [0.2, 0.25) is 0 Å². The van der Waals surface area contributed by atoms with Gasteiger partial charge >= 0.3 is 0 Å². The Morgan fingerprint density at radius 3 is 2.29 bits per heavy atom. The van der Waals surface area contributed by atoms with Crippen molar-refractivity contribution in [3.05, 3.63) is 73.8 Å². The van der Waals surface area contributed by atoms with Crippen molar-refractivity contribution in [3.8, 4) is 0 Å². The van der Waals surface area contributed by atoms with E-state index in [9.17, 15) is 14.9 Å². The lowest BCUT2D eigenvalue weighted by Gasteiger charge is -2.04. The first kappa shape index (κ1) is 15.5. The number of carbonyl (C=O) groups excluding carboxylic acids is 1. The summed E-state index contributed by atoms with van der Waals surface area (Å²) in [5, 5.41) is 11.5. The summed E-state index contributed by atoms with van der Waals surface area (Å²) < 4.78 is 0. The zero-order chi connectivity index (χ0) is 15.4. The molecule has 0 heterocycles. The Labute approximate surface area is 131 Å². The Balaban J connectivity index is 2.06. The fourth-order valence-corrected chi connectivity index (χ4v) is 2.27. The van der Waals surface area contributed by atoms with Crippen LogP contribution in [-0.4, -0.2) is 10.7 Å². The lowest BCUT2D eigenvalue weighted by Crippen LogP contribution is -2.06. The van der Waals surface area contributed by atoms with E-state index in [1.165, 1.54) is 12.1 Å². The van der Waals surface area contributed by atoms with Gasteiger partial charge in [-0.15, -0.1) is 0 Å². The molecule has 0 aliphatic heterocycles. The maximum Gasteiger partial charge on any atom is 0.269 e. The van der Waals surface area contributed by atoms with Crippen molar-refractivity contribution in [3.63, 3.8) is 0 Å². The smallest absolute Gasteiger partial charge is 0.269 e. The van der Waals surface area contributed by atoms with Gasteiger partial charge in [-0.05, 0) is 23.3 Å². The van der Waals surface area contributed by atoms with Gasteiger partial charge in [0, 0.05) is 25.0 Å². The van der Waals surface area contributed by atoms with Crippen molar-refractivity contribution in [1.29, 1.82) is 0 Å². The molecule has 0 spiro atoms. The summed E-state index contributed by atoms with van der Waals surface area (Å²) in [7, 11) is 0. The molecule has 4 nitrogen and oxygen atoms in total. The molecule has 0 N–H and O–H groups in total. The molecule has 0 fully saturated rings. The van der Waals surface area contributed by atoms with Gasteiger partial charge in [0.25, 0.3) is 5.69 Å². The number of hydrogen-bond acceptors (Lipinski definition) is 3. The summed E-state index contributed by atoms with van der Waals surface area (Å²) in [5.74, 6) is -0.0473. The molecule has 6 heteroatoms. The lowest BCUT2D eigenvalue weighted by atomic mass is 10.0. The van der Waals surface area contributed by atoms with Crippen LogP contribution in [0.4, 0.5) is 5.69 Å². The number of halogens is 2. The first-order chi connectivity index (χ1) is 9.95. The number of benzene rings is 2. The highest BCUT2D eigenvalue weighted by Gasteiger charge is 2.10. The molecule has 0 saturated heterocycles. The fourth-order valence-electron chi connectivity index (χ4n) is 1.95. The number of hydrogen-bond donors (Lipinski definition) is 0.